The molecule has 1 N–H and O–H groups in total. The Labute approximate surface area is 218 Å². The third-order valence-corrected chi connectivity index (χ3v) is 8.00. The van der Waals surface area contributed by atoms with Crippen LogP contribution in [0.2, 0.25) is 10.0 Å². The van der Waals surface area contributed by atoms with E-state index in [1.54, 1.807) is 17.4 Å². The molecule has 0 spiro atoms. The van der Waals surface area contributed by atoms with Gasteiger partial charge in [-0.25, -0.2) is 4.98 Å². The molecule has 2 aromatic heterocycles. The van der Waals surface area contributed by atoms with Gasteiger partial charge in [-0.3, -0.25) is 9.69 Å². The maximum atomic E-state index is 13.0. The molecule has 8 nitrogen and oxygen atoms in total. The Hall–Kier alpha value is -2.17. The van der Waals surface area contributed by atoms with Crippen molar-refractivity contribution in [3.63, 3.8) is 0 Å². The smallest absolute Gasteiger partial charge is 0.253 e. The molecule has 1 amide bonds. The van der Waals surface area contributed by atoms with Crippen molar-refractivity contribution in [3.05, 3.63) is 45.3 Å². The summed E-state index contributed by atoms with van der Waals surface area (Å²) in [5.74, 6) is 1.53. The Kier molecular flexibility index (Phi) is 7.59. The lowest BCUT2D eigenvalue weighted by Crippen LogP contribution is -2.56. The Morgan fingerprint density at radius 1 is 1.17 bits per heavy atom. The van der Waals surface area contributed by atoms with Crippen LogP contribution in [0.3, 0.4) is 0 Å². The first-order chi connectivity index (χ1) is 17.0. The highest BCUT2D eigenvalue weighted by Crippen LogP contribution is 2.30. The number of hydrogen-bond acceptors (Lipinski definition) is 8. The van der Waals surface area contributed by atoms with E-state index >= 15 is 0 Å². The van der Waals surface area contributed by atoms with Crippen LogP contribution in [0.15, 0.2) is 29.6 Å². The van der Waals surface area contributed by atoms with Gasteiger partial charge in [0.25, 0.3) is 5.91 Å². The summed E-state index contributed by atoms with van der Waals surface area (Å²) in [6.07, 6.45) is -0.371. The number of amides is 1. The van der Waals surface area contributed by atoms with Crippen molar-refractivity contribution in [1.29, 1.82) is 0 Å². The number of thiophene rings is 1. The highest BCUT2D eigenvalue weighted by atomic mass is 35.5. The first-order valence-corrected chi connectivity index (χ1v) is 13.5. The number of hydrogen-bond donors (Lipinski definition) is 1. The van der Waals surface area contributed by atoms with Crippen molar-refractivity contribution in [1.82, 2.24) is 19.8 Å². The average Bonchev–Trinajstić information content (AvgIpc) is 3.37. The third kappa shape index (κ3) is 5.49. The lowest BCUT2D eigenvalue weighted by molar-refractivity contribution is -0.149. The van der Waals surface area contributed by atoms with E-state index in [1.807, 2.05) is 28.5 Å². The molecular formula is C24H28Cl2N6O2S. The second-order valence-corrected chi connectivity index (χ2v) is 10.4. The average molecular weight is 536 g/mol. The number of likely N-dealkylation sites (N-methyl/N-ethyl adjacent to an activating group) is 1. The monoisotopic (exact) mass is 534 g/mol. The number of nitrogens with zero attached hydrogens (tertiary/aromatic N) is 5. The molecule has 2 aliphatic rings. The molecule has 1 aromatic carbocycles. The number of rotatable bonds is 6. The van der Waals surface area contributed by atoms with Crippen LogP contribution in [0.25, 0.3) is 10.2 Å². The molecule has 3 aromatic rings. The minimum atomic E-state index is -0.371. The van der Waals surface area contributed by atoms with Gasteiger partial charge in [-0.1, -0.05) is 36.2 Å². The van der Waals surface area contributed by atoms with Gasteiger partial charge in [0.1, 0.15) is 11.9 Å². The molecule has 0 radical (unpaired) electrons. The fourth-order valence-corrected chi connectivity index (χ4v) is 5.70. The zero-order chi connectivity index (χ0) is 24.4. The van der Waals surface area contributed by atoms with Crippen LogP contribution in [0.5, 0.6) is 0 Å². The second kappa shape index (κ2) is 10.8. The molecule has 0 saturated carbocycles. The van der Waals surface area contributed by atoms with Crippen LogP contribution in [0.4, 0.5) is 11.8 Å². The van der Waals surface area contributed by atoms with Crippen molar-refractivity contribution in [2.45, 2.75) is 19.6 Å². The van der Waals surface area contributed by atoms with Gasteiger partial charge in [-0.05, 0) is 35.7 Å². The Balaban J connectivity index is 1.26. The standard InChI is InChI=1S/C24H28Cl2N6O2S/c1-2-30-10-11-34-20(15-30)23(33)31-6-8-32(9-7-31)24-28-19-5-12-35-21(19)22(29-24)27-14-16-3-4-17(25)13-18(16)26/h3-5,12-13,20H,2,6-11,14-15H2,1H3,(H,27,28,29). The van der Waals surface area contributed by atoms with Gasteiger partial charge in [0.15, 0.2) is 0 Å². The van der Waals surface area contributed by atoms with Crippen LogP contribution in [-0.2, 0) is 16.1 Å². The van der Waals surface area contributed by atoms with Gasteiger partial charge >= 0.3 is 0 Å². The van der Waals surface area contributed by atoms with E-state index < -0.39 is 0 Å². The molecule has 2 saturated heterocycles. The largest absolute Gasteiger partial charge is 0.366 e. The van der Waals surface area contributed by atoms with Crippen molar-refractivity contribution in [3.8, 4) is 0 Å². The molecule has 0 aliphatic carbocycles. The van der Waals surface area contributed by atoms with E-state index in [0.717, 1.165) is 34.7 Å². The van der Waals surface area contributed by atoms with Crippen LogP contribution < -0.4 is 10.2 Å². The van der Waals surface area contributed by atoms with Gasteiger partial charge < -0.3 is 19.9 Å². The number of anilines is 2. The van der Waals surface area contributed by atoms with Gasteiger partial charge in [0.2, 0.25) is 5.95 Å². The summed E-state index contributed by atoms with van der Waals surface area (Å²) in [5, 5.41) is 6.67. The molecule has 2 aliphatic heterocycles. The summed E-state index contributed by atoms with van der Waals surface area (Å²) in [6, 6.07) is 7.49. The summed E-state index contributed by atoms with van der Waals surface area (Å²) in [7, 11) is 0. The highest BCUT2D eigenvalue weighted by molar-refractivity contribution is 7.17. The Morgan fingerprint density at radius 2 is 2.00 bits per heavy atom. The van der Waals surface area contributed by atoms with Crippen molar-refractivity contribution in [2.24, 2.45) is 0 Å². The molecule has 186 valence electrons. The quantitative estimate of drug-likeness (QED) is 0.512. The van der Waals surface area contributed by atoms with E-state index in [-0.39, 0.29) is 12.0 Å². The lowest BCUT2D eigenvalue weighted by Gasteiger charge is -2.38. The van der Waals surface area contributed by atoms with Crippen LogP contribution >= 0.6 is 34.5 Å². The van der Waals surface area contributed by atoms with Gasteiger partial charge in [-0.2, -0.15) is 4.98 Å². The SMILES string of the molecule is CCN1CCOC(C(=O)N2CCN(c3nc(NCc4ccc(Cl)cc4Cl)c4sccc4n3)CC2)C1. The molecule has 35 heavy (non-hydrogen) atoms. The zero-order valence-corrected chi connectivity index (χ0v) is 21.9. The topological polar surface area (TPSA) is 73.8 Å². The Bertz CT molecular complexity index is 1200. The number of morpholine rings is 1. The number of aromatic nitrogens is 2. The van der Waals surface area contributed by atoms with Crippen molar-refractivity contribution in [2.75, 3.05) is 62.6 Å². The number of carbonyl (C=O) groups excluding carboxylic acids is 1. The minimum absolute atomic E-state index is 0.0826. The van der Waals surface area contributed by atoms with Crippen LogP contribution in [0.1, 0.15) is 12.5 Å². The molecule has 4 heterocycles. The summed E-state index contributed by atoms with van der Waals surface area (Å²) in [4.78, 5) is 29.0. The van der Waals surface area contributed by atoms with Gasteiger partial charge in [0, 0.05) is 55.9 Å². The fraction of sp³-hybridized carbons (Fsp3) is 0.458. The molecular weight excluding hydrogens is 507 g/mol. The van der Waals surface area contributed by atoms with Crippen LogP contribution in [0, 0.1) is 0 Å². The Morgan fingerprint density at radius 3 is 2.77 bits per heavy atom. The number of benzene rings is 1. The van der Waals surface area contributed by atoms with Crippen LogP contribution in [-0.4, -0.2) is 84.2 Å². The molecule has 11 heteroatoms. The van der Waals surface area contributed by atoms with Gasteiger partial charge in [-0.15, -0.1) is 11.3 Å². The number of ether oxygens (including phenoxy) is 1. The number of halogens is 2. The molecule has 1 atom stereocenters. The number of piperazine rings is 1. The summed E-state index contributed by atoms with van der Waals surface area (Å²) in [6.45, 7) is 8.33. The fourth-order valence-electron chi connectivity index (χ4n) is 4.43. The number of nitrogens with one attached hydrogen (secondary N) is 1. The second-order valence-electron chi connectivity index (χ2n) is 8.66. The lowest BCUT2D eigenvalue weighted by atomic mass is 10.2. The highest BCUT2D eigenvalue weighted by Gasteiger charge is 2.32. The summed E-state index contributed by atoms with van der Waals surface area (Å²) in [5.41, 5.74) is 1.85. The van der Waals surface area contributed by atoms with E-state index in [1.165, 1.54) is 0 Å². The first kappa shape index (κ1) is 24.5. The maximum Gasteiger partial charge on any atom is 0.253 e. The first-order valence-electron chi connectivity index (χ1n) is 11.8. The predicted molar refractivity (Wildman–Crippen MR) is 142 cm³/mol. The molecule has 0 bridgehead atoms. The van der Waals surface area contributed by atoms with Crippen molar-refractivity contribution >= 4 is 62.4 Å². The molecule has 1 unspecified atom stereocenters. The van der Waals surface area contributed by atoms with E-state index in [4.69, 9.17) is 37.9 Å². The summed E-state index contributed by atoms with van der Waals surface area (Å²) >= 11 is 14.0. The number of fused-ring (bicyclic) bond motifs is 1. The third-order valence-electron chi connectivity index (χ3n) is 6.50. The van der Waals surface area contributed by atoms with Crippen molar-refractivity contribution < 1.29 is 9.53 Å². The maximum absolute atomic E-state index is 13.0. The predicted octanol–water partition coefficient (Wildman–Crippen LogP) is 3.98. The van der Waals surface area contributed by atoms with E-state index in [2.05, 4.69) is 22.0 Å². The summed E-state index contributed by atoms with van der Waals surface area (Å²) < 4.78 is 6.78. The van der Waals surface area contributed by atoms with E-state index in [0.29, 0.717) is 61.9 Å². The molecule has 2 fully saturated rings. The molecule has 5 rings (SSSR count). The van der Waals surface area contributed by atoms with E-state index in [9.17, 15) is 4.79 Å². The minimum Gasteiger partial charge on any atom is -0.366 e. The normalized spacial score (nSPS) is 19.3. The van der Waals surface area contributed by atoms with Gasteiger partial charge in [0.05, 0.1) is 16.8 Å². The number of carbonyl (C=O) groups is 1. The zero-order valence-electron chi connectivity index (χ0n) is 19.5.